The molecule has 2 aliphatic heterocycles. The Labute approximate surface area is 144 Å². The average molecular weight is 354 g/mol. The van der Waals surface area contributed by atoms with E-state index in [-0.39, 0.29) is 6.54 Å². The van der Waals surface area contributed by atoms with Gasteiger partial charge in [0.1, 0.15) is 0 Å². The summed E-state index contributed by atoms with van der Waals surface area (Å²) in [6, 6.07) is 6.77. The molecular weight excluding hydrogens is 334 g/mol. The largest absolute Gasteiger partial charge is 0.493 e. The summed E-state index contributed by atoms with van der Waals surface area (Å²) in [5.41, 5.74) is -1.21. The third-order valence-corrected chi connectivity index (χ3v) is 4.66. The van der Waals surface area contributed by atoms with Crippen molar-refractivity contribution in [2.24, 2.45) is 5.41 Å². The van der Waals surface area contributed by atoms with Crippen LogP contribution in [-0.2, 0) is 9.59 Å². The molecule has 6 nitrogen and oxygen atoms in total. The van der Waals surface area contributed by atoms with Gasteiger partial charge in [-0.1, -0.05) is 12.1 Å². The third-order valence-electron chi connectivity index (χ3n) is 4.66. The number of alkyl halides is 2. The normalized spacial score (nSPS) is 24.9. The summed E-state index contributed by atoms with van der Waals surface area (Å²) in [6.45, 7) is -0.749. The Hall–Kier alpha value is -2.38. The maximum Gasteiger partial charge on any atom is 0.266 e. The van der Waals surface area contributed by atoms with Gasteiger partial charge in [-0.05, 0) is 18.6 Å². The number of carbonyl (C=O) groups is 2. The fourth-order valence-electron chi connectivity index (χ4n) is 3.49. The van der Waals surface area contributed by atoms with Crippen LogP contribution in [0.3, 0.4) is 0 Å². The number of carbonyl (C=O) groups excluding carboxylic acids is 2. The van der Waals surface area contributed by atoms with Crippen molar-refractivity contribution in [1.29, 1.82) is 0 Å². The Balaban J connectivity index is 1.70. The van der Waals surface area contributed by atoms with Crippen molar-refractivity contribution in [2.75, 3.05) is 33.4 Å². The third kappa shape index (κ3) is 3.52. The molecule has 2 aliphatic rings. The zero-order valence-electron chi connectivity index (χ0n) is 13.9. The van der Waals surface area contributed by atoms with Gasteiger partial charge in [-0.3, -0.25) is 9.59 Å². The summed E-state index contributed by atoms with van der Waals surface area (Å²) < 4.78 is 38.8. The lowest BCUT2D eigenvalue weighted by Gasteiger charge is -2.42. The van der Waals surface area contributed by atoms with E-state index in [1.165, 1.54) is 7.11 Å². The van der Waals surface area contributed by atoms with Crippen LogP contribution >= 0.6 is 0 Å². The van der Waals surface area contributed by atoms with Crippen LogP contribution in [0.25, 0.3) is 0 Å². The number of benzene rings is 1. The Kier molecular flexibility index (Phi) is 4.53. The minimum atomic E-state index is -3.10. The molecule has 1 aromatic rings. The zero-order chi connectivity index (χ0) is 18.1. The van der Waals surface area contributed by atoms with E-state index in [0.29, 0.717) is 24.5 Å². The predicted octanol–water partition coefficient (Wildman–Crippen LogP) is 1.45. The summed E-state index contributed by atoms with van der Waals surface area (Å²) in [4.78, 5) is 25.5. The summed E-state index contributed by atoms with van der Waals surface area (Å²) in [6.07, 6.45) is -0.221. The number of hydrogen-bond donors (Lipinski definition) is 1. The Morgan fingerprint density at radius 3 is 2.64 bits per heavy atom. The molecule has 1 aromatic carbocycles. The zero-order valence-corrected chi connectivity index (χ0v) is 13.9. The lowest BCUT2D eigenvalue weighted by Crippen LogP contribution is -2.57. The number of rotatable bonds is 4. The van der Waals surface area contributed by atoms with Gasteiger partial charge in [0.2, 0.25) is 5.91 Å². The molecule has 1 spiro atoms. The molecule has 136 valence electrons. The number of para-hydroxylation sites is 2. The maximum atomic E-state index is 14.1. The van der Waals surface area contributed by atoms with Gasteiger partial charge < -0.3 is 19.7 Å². The summed E-state index contributed by atoms with van der Waals surface area (Å²) in [7, 11) is 1.47. The van der Waals surface area contributed by atoms with Crippen LogP contribution in [0.5, 0.6) is 11.5 Å². The van der Waals surface area contributed by atoms with Crippen LogP contribution < -0.4 is 14.8 Å². The number of methoxy groups -OCH3 is 1. The highest BCUT2D eigenvalue weighted by atomic mass is 19.3. The summed E-state index contributed by atoms with van der Waals surface area (Å²) >= 11 is 0. The molecule has 0 radical (unpaired) electrons. The Morgan fingerprint density at radius 1 is 1.28 bits per heavy atom. The molecule has 8 heteroatoms. The highest BCUT2D eigenvalue weighted by Crippen LogP contribution is 2.43. The molecule has 2 heterocycles. The van der Waals surface area contributed by atoms with E-state index in [9.17, 15) is 18.4 Å². The SMILES string of the molecule is COc1ccccc1OCC(=O)N1CC(F)(F)CC2(CCNC2=O)C1. The lowest BCUT2D eigenvalue weighted by atomic mass is 9.77. The van der Waals surface area contributed by atoms with Crippen LogP contribution in [0, 0.1) is 5.41 Å². The van der Waals surface area contributed by atoms with E-state index >= 15 is 0 Å². The molecule has 2 saturated heterocycles. The van der Waals surface area contributed by atoms with Gasteiger partial charge in [0.25, 0.3) is 11.8 Å². The molecule has 1 N–H and O–H groups in total. The van der Waals surface area contributed by atoms with Crippen molar-refractivity contribution in [3.05, 3.63) is 24.3 Å². The second-order valence-electron chi connectivity index (χ2n) is 6.51. The topological polar surface area (TPSA) is 67.9 Å². The van der Waals surface area contributed by atoms with E-state index in [4.69, 9.17) is 9.47 Å². The van der Waals surface area contributed by atoms with Crippen LogP contribution in [0.2, 0.25) is 0 Å². The minimum Gasteiger partial charge on any atom is -0.493 e. The number of ether oxygens (including phenoxy) is 2. The molecule has 0 aliphatic carbocycles. The quantitative estimate of drug-likeness (QED) is 0.889. The first-order chi connectivity index (χ1) is 11.9. The van der Waals surface area contributed by atoms with E-state index in [0.717, 1.165) is 4.90 Å². The van der Waals surface area contributed by atoms with Gasteiger partial charge in [0.15, 0.2) is 18.1 Å². The molecule has 2 fully saturated rings. The average Bonchev–Trinajstić information content (AvgIpc) is 2.90. The number of hydrogen-bond acceptors (Lipinski definition) is 4. The van der Waals surface area contributed by atoms with Crippen LogP contribution in [0.15, 0.2) is 24.3 Å². The second kappa shape index (κ2) is 6.50. The first-order valence-corrected chi connectivity index (χ1v) is 8.05. The van der Waals surface area contributed by atoms with Crippen molar-refractivity contribution in [3.8, 4) is 11.5 Å². The highest BCUT2D eigenvalue weighted by Gasteiger charge is 2.55. The number of nitrogens with zero attached hydrogens (tertiary/aromatic N) is 1. The number of nitrogens with one attached hydrogen (secondary N) is 1. The van der Waals surface area contributed by atoms with Gasteiger partial charge >= 0.3 is 0 Å². The molecule has 0 bridgehead atoms. The number of amides is 2. The molecule has 0 saturated carbocycles. The maximum absolute atomic E-state index is 14.1. The Morgan fingerprint density at radius 2 is 2.00 bits per heavy atom. The number of likely N-dealkylation sites (tertiary alicyclic amines) is 1. The number of halogens is 2. The van der Waals surface area contributed by atoms with Crippen molar-refractivity contribution >= 4 is 11.8 Å². The van der Waals surface area contributed by atoms with Gasteiger partial charge in [-0.25, -0.2) is 8.78 Å². The van der Waals surface area contributed by atoms with Gasteiger partial charge in [-0.15, -0.1) is 0 Å². The first-order valence-electron chi connectivity index (χ1n) is 8.05. The van der Waals surface area contributed by atoms with E-state index in [1.54, 1.807) is 24.3 Å². The van der Waals surface area contributed by atoms with Gasteiger partial charge in [0, 0.05) is 19.5 Å². The van der Waals surface area contributed by atoms with Crippen molar-refractivity contribution in [3.63, 3.8) is 0 Å². The van der Waals surface area contributed by atoms with E-state index < -0.39 is 42.7 Å². The molecular formula is C17H20F2N2O4. The van der Waals surface area contributed by atoms with Crippen molar-refractivity contribution in [2.45, 2.75) is 18.8 Å². The molecule has 2 amide bonds. The predicted molar refractivity (Wildman–Crippen MR) is 84.7 cm³/mol. The van der Waals surface area contributed by atoms with Crippen LogP contribution in [-0.4, -0.2) is 56.0 Å². The molecule has 25 heavy (non-hydrogen) atoms. The summed E-state index contributed by atoms with van der Waals surface area (Å²) in [5.74, 6) is -3.28. The smallest absolute Gasteiger partial charge is 0.266 e. The van der Waals surface area contributed by atoms with E-state index in [2.05, 4.69) is 5.32 Å². The monoisotopic (exact) mass is 354 g/mol. The molecule has 1 atom stereocenters. The van der Waals surface area contributed by atoms with Crippen LogP contribution in [0.4, 0.5) is 8.78 Å². The molecule has 0 aromatic heterocycles. The number of piperidine rings is 1. The van der Waals surface area contributed by atoms with Crippen molar-refractivity contribution < 1.29 is 27.8 Å². The van der Waals surface area contributed by atoms with Gasteiger partial charge in [0.05, 0.1) is 19.1 Å². The van der Waals surface area contributed by atoms with Gasteiger partial charge in [-0.2, -0.15) is 0 Å². The lowest BCUT2D eigenvalue weighted by molar-refractivity contribution is -0.161. The standard InChI is InChI=1S/C17H20F2N2O4/c1-24-12-4-2-3-5-13(12)25-8-14(22)21-10-16(6-7-20-15(16)23)9-17(18,19)11-21/h2-5H,6-11H2,1H3,(H,20,23). The minimum absolute atomic E-state index is 0.0114. The second-order valence-corrected chi connectivity index (χ2v) is 6.51. The molecule has 3 rings (SSSR count). The van der Waals surface area contributed by atoms with Crippen molar-refractivity contribution in [1.82, 2.24) is 10.2 Å². The fourth-order valence-corrected chi connectivity index (χ4v) is 3.49. The molecule has 1 unspecified atom stereocenters. The summed E-state index contributed by atoms with van der Waals surface area (Å²) in [5, 5.41) is 2.59. The van der Waals surface area contributed by atoms with Crippen LogP contribution in [0.1, 0.15) is 12.8 Å². The first kappa shape index (κ1) is 17.4. The Bertz CT molecular complexity index is 682. The fraction of sp³-hybridized carbons (Fsp3) is 0.529. The highest BCUT2D eigenvalue weighted by molar-refractivity contribution is 5.86. The van der Waals surface area contributed by atoms with E-state index in [1.807, 2.05) is 0 Å².